The Balaban J connectivity index is 0.000000213. The smallest absolute Gasteiger partial charge is 0.340 e. The van der Waals surface area contributed by atoms with Crippen LogP contribution in [0.4, 0.5) is 28.9 Å². The fourth-order valence-corrected chi connectivity index (χ4v) is 8.23. The number of carbonyl (C=O) groups excluding carboxylic acids is 1. The highest BCUT2D eigenvalue weighted by molar-refractivity contribution is 7.92. The van der Waals surface area contributed by atoms with Gasteiger partial charge in [0.2, 0.25) is 20.0 Å². The molecular weight excluding hydrogens is 915 g/mol. The minimum atomic E-state index is -3.73. The van der Waals surface area contributed by atoms with Crippen molar-refractivity contribution in [2.45, 2.75) is 13.3 Å². The average molecular weight is 958 g/mol. The van der Waals surface area contributed by atoms with Crippen molar-refractivity contribution >= 4 is 65.1 Å². The second kappa shape index (κ2) is 19.7. The number of aromatic carboxylic acids is 1. The van der Waals surface area contributed by atoms with Gasteiger partial charge in [-0.25, -0.2) is 39.2 Å². The van der Waals surface area contributed by atoms with Crippen LogP contribution >= 0.6 is 0 Å². The van der Waals surface area contributed by atoms with Crippen molar-refractivity contribution in [2.75, 3.05) is 42.3 Å². The molecule has 12 nitrogen and oxygen atoms in total. The molecular formula is C49H43F4N3O9S2. The predicted octanol–water partition coefficient (Wildman–Crippen LogP) is 10.7. The molecule has 0 saturated heterocycles. The van der Waals surface area contributed by atoms with Gasteiger partial charge in [0.1, 0.15) is 51.5 Å². The van der Waals surface area contributed by atoms with Crippen molar-refractivity contribution in [1.82, 2.24) is 0 Å². The molecule has 0 spiro atoms. The molecule has 0 unspecified atom stereocenters. The standard InChI is InChI=1S/C25H21F2NO4S.C23H17F2NO5S.CH5N/c1-4-22(29)24-19-13-18(17-7-5-6-8-20(17)27)21(28(2)33(3,30)31)14-23(19)32-25(24)15-9-11-16(26)12-10-15;1-26(32(2,29)30)19-12-20-17(11-16(19)15-5-3-4-6-18(15)25)21(23(27)28)22(31-20)13-7-9-14(24)10-8-13;1-2/h5-14H,4H2,1-3H3;3-12H,1-2H3,(H,27,28);2H2,1H3. The van der Waals surface area contributed by atoms with Gasteiger partial charge in [-0.3, -0.25) is 13.4 Å². The van der Waals surface area contributed by atoms with Gasteiger partial charge in [-0.05, 0) is 79.8 Å². The number of ketones is 1. The monoisotopic (exact) mass is 957 g/mol. The summed E-state index contributed by atoms with van der Waals surface area (Å²) in [6.07, 6.45) is 2.22. The maximum atomic E-state index is 14.8. The molecule has 3 N–H and O–H groups in total. The topological polar surface area (TPSA) is 181 Å². The zero-order valence-corrected chi connectivity index (χ0v) is 38.4. The Morgan fingerprint density at radius 1 is 0.567 bits per heavy atom. The van der Waals surface area contributed by atoms with Crippen LogP contribution in [0.1, 0.15) is 34.1 Å². The summed E-state index contributed by atoms with van der Waals surface area (Å²) in [6.45, 7) is 1.71. The van der Waals surface area contributed by atoms with E-state index in [1.54, 1.807) is 31.2 Å². The Labute approximate surface area is 383 Å². The molecule has 0 fully saturated rings. The summed E-state index contributed by atoms with van der Waals surface area (Å²) in [5.74, 6) is -3.36. The van der Waals surface area contributed by atoms with Crippen LogP contribution in [0.5, 0.6) is 0 Å². The molecule has 0 radical (unpaired) electrons. The van der Waals surface area contributed by atoms with E-state index in [2.05, 4.69) is 5.73 Å². The molecule has 8 aromatic rings. The van der Waals surface area contributed by atoms with Crippen molar-refractivity contribution in [3.05, 3.63) is 156 Å². The van der Waals surface area contributed by atoms with Crippen LogP contribution in [-0.2, 0) is 20.0 Å². The number of carbonyl (C=O) groups is 2. The zero-order valence-electron chi connectivity index (χ0n) is 36.8. The highest BCUT2D eigenvalue weighted by Crippen LogP contribution is 2.44. The molecule has 0 saturated carbocycles. The van der Waals surface area contributed by atoms with Crippen LogP contribution < -0.4 is 14.3 Å². The second-order valence-electron chi connectivity index (χ2n) is 14.9. The SMILES string of the molecule is CCC(=O)c1c(-c2ccc(F)cc2)oc2cc(N(C)S(C)(=O)=O)c(-c3ccccc3F)cc12.CN.CN(c1cc2oc(-c3ccc(F)cc3)c(C(=O)O)c2cc1-c1ccccc1F)S(C)(=O)=O. The molecule has 6 aromatic carbocycles. The molecule has 2 heterocycles. The minimum Gasteiger partial charge on any atom is -0.478 e. The van der Waals surface area contributed by atoms with Crippen LogP contribution in [0.3, 0.4) is 0 Å². The number of rotatable bonds is 11. The Hall–Kier alpha value is -7.28. The first-order valence-corrected chi connectivity index (χ1v) is 23.8. The van der Waals surface area contributed by atoms with E-state index >= 15 is 0 Å². The maximum absolute atomic E-state index is 14.8. The number of fused-ring (bicyclic) bond motifs is 2. The number of hydrogen-bond donors (Lipinski definition) is 2. The lowest BCUT2D eigenvalue weighted by atomic mass is 9.96. The van der Waals surface area contributed by atoms with Crippen LogP contribution in [0.25, 0.3) is 66.8 Å². The van der Waals surface area contributed by atoms with E-state index in [1.807, 2.05) is 0 Å². The van der Waals surface area contributed by atoms with E-state index in [4.69, 9.17) is 8.83 Å². The van der Waals surface area contributed by atoms with Gasteiger partial charge in [-0.1, -0.05) is 43.3 Å². The van der Waals surface area contributed by atoms with Crippen molar-refractivity contribution in [3.63, 3.8) is 0 Å². The number of sulfonamides is 2. The summed E-state index contributed by atoms with van der Waals surface area (Å²) in [4.78, 5) is 25.0. The number of carboxylic acids is 1. The summed E-state index contributed by atoms with van der Waals surface area (Å²) in [5, 5.41) is 10.5. The van der Waals surface area contributed by atoms with Crippen LogP contribution in [0, 0.1) is 23.3 Å². The first-order chi connectivity index (χ1) is 31.7. The normalized spacial score (nSPS) is 11.4. The molecule has 0 aliphatic heterocycles. The Morgan fingerprint density at radius 2 is 0.925 bits per heavy atom. The van der Waals surface area contributed by atoms with E-state index in [-0.39, 0.29) is 79.5 Å². The van der Waals surface area contributed by atoms with Gasteiger partial charge in [0, 0.05) is 76.8 Å². The van der Waals surface area contributed by atoms with E-state index < -0.39 is 49.3 Å². The number of nitrogens with zero attached hydrogens (tertiary/aromatic N) is 2. The van der Waals surface area contributed by atoms with Gasteiger partial charge in [-0.2, -0.15) is 0 Å². The molecule has 8 rings (SSSR count). The Bertz CT molecular complexity index is 3390. The highest BCUT2D eigenvalue weighted by Gasteiger charge is 2.28. The average Bonchev–Trinajstić information content (AvgIpc) is 3.87. The van der Waals surface area contributed by atoms with E-state index in [0.29, 0.717) is 22.1 Å². The zero-order chi connectivity index (χ0) is 49.1. The number of nitrogens with two attached hydrogens (primary N) is 1. The first kappa shape index (κ1) is 49.2. The maximum Gasteiger partial charge on any atom is 0.340 e. The van der Waals surface area contributed by atoms with Gasteiger partial charge >= 0.3 is 5.97 Å². The summed E-state index contributed by atoms with van der Waals surface area (Å²) < 4.78 is 119. The van der Waals surface area contributed by atoms with Gasteiger partial charge in [0.15, 0.2) is 5.78 Å². The second-order valence-corrected chi connectivity index (χ2v) is 18.9. The number of benzene rings is 6. The van der Waals surface area contributed by atoms with Crippen molar-refractivity contribution in [3.8, 4) is 44.9 Å². The molecule has 0 aliphatic carbocycles. The van der Waals surface area contributed by atoms with Crippen molar-refractivity contribution in [2.24, 2.45) is 5.73 Å². The summed E-state index contributed by atoms with van der Waals surface area (Å²) in [5.41, 5.74) is 6.83. The van der Waals surface area contributed by atoms with Crippen LogP contribution in [0.2, 0.25) is 0 Å². The van der Waals surface area contributed by atoms with E-state index in [0.717, 1.165) is 21.1 Å². The first-order valence-electron chi connectivity index (χ1n) is 20.1. The third kappa shape index (κ3) is 10.1. The molecule has 18 heteroatoms. The third-order valence-corrected chi connectivity index (χ3v) is 13.0. The summed E-state index contributed by atoms with van der Waals surface area (Å²) in [6, 6.07) is 28.2. The third-order valence-electron chi connectivity index (χ3n) is 10.6. The molecule has 0 amide bonds. The van der Waals surface area contributed by atoms with Crippen LogP contribution in [0.15, 0.2) is 130 Å². The van der Waals surface area contributed by atoms with Crippen LogP contribution in [-0.4, -0.2) is 67.3 Å². The van der Waals surface area contributed by atoms with E-state index in [1.165, 1.54) is 118 Å². The van der Waals surface area contributed by atoms with E-state index in [9.17, 15) is 49.1 Å². The number of Topliss-reactive ketones (excluding diaryl/α,β-unsaturated/α-hetero) is 1. The molecule has 2 aromatic heterocycles. The number of halogens is 4. The Morgan fingerprint density at radius 3 is 1.27 bits per heavy atom. The van der Waals surface area contributed by atoms with Gasteiger partial charge < -0.3 is 19.7 Å². The minimum absolute atomic E-state index is 0.0221. The summed E-state index contributed by atoms with van der Waals surface area (Å²) in [7, 11) is -3.25. The molecule has 0 atom stereocenters. The quantitative estimate of drug-likeness (QED) is 0.0935. The van der Waals surface area contributed by atoms with Crippen molar-refractivity contribution < 1.29 is 57.9 Å². The van der Waals surface area contributed by atoms with Gasteiger partial charge in [-0.15, -0.1) is 0 Å². The van der Waals surface area contributed by atoms with Gasteiger partial charge in [0.25, 0.3) is 0 Å². The Kier molecular flexibility index (Phi) is 14.4. The lowest BCUT2D eigenvalue weighted by Gasteiger charge is -2.21. The molecule has 348 valence electrons. The summed E-state index contributed by atoms with van der Waals surface area (Å²) >= 11 is 0. The predicted molar refractivity (Wildman–Crippen MR) is 252 cm³/mol. The lowest BCUT2D eigenvalue weighted by Crippen LogP contribution is -2.25. The fraction of sp³-hybridized carbons (Fsp3) is 0.143. The molecule has 67 heavy (non-hydrogen) atoms. The molecule has 0 aliphatic rings. The number of anilines is 2. The molecule has 0 bridgehead atoms. The van der Waals surface area contributed by atoms with Gasteiger partial charge in [0.05, 0.1) is 29.4 Å². The number of furan rings is 2. The van der Waals surface area contributed by atoms with Crippen molar-refractivity contribution in [1.29, 1.82) is 0 Å². The lowest BCUT2D eigenvalue weighted by molar-refractivity contribution is 0.0698. The number of carboxylic acid groups (broad SMARTS) is 1. The highest BCUT2D eigenvalue weighted by atomic mass is 32.2. The largest absolute Gasteiger partial charge is 0.478 e. The number of hydrogen-bond acceptors (Lipinski definition) is 9. The fourth-order valence-electron chi connectivity index (χ4n) is 7.21.